The van der Waals surface area contributed by atoms with E-state index in [4.69, 9.17) is 4.98 Å². The van der Waals surface area contributed by atoms with E-state index in [9.17, 15) is 4.79 Å². The molecular formula is C32H32N8OS. The van der Waals surface area contributed by atoms with Crippen molar-refractivity contribution in [2.45, 2.75) is 43.7 Å². The molecule has 0 amide bonds. The van der Waals surface area contributed by atoms with Crippen LogP contribution < -0.4 is 16.2 Å². The number of likely N-dealkylation sites (tertiary alicyclic amines) is 1. The van der Waals surface area contributed by atoms with Gasteiger partial charge in [-0.3, -0.25) is 19.3 Å². The zero-order valence-electron chi connectivity index (χ0n) is 23.6. The number of pyridine rings is 2. The highest BCUT2D eigenvalue weighted by atomic mass is 32.1. The van der Waals surface area contributed by atoms with Crippen LogP contribution in [0.4, 0.5) is 17.3 Å². The van der Waals surface area contributed by atoms with Crippen molar-refractivity contribution in [2.24, 2.45) is 4.99 Å². The van der Waals surface area contributed by atoms with Crippen LogP contribution >= 0.6 is 12.6 Å². The number of nitrogens with zero attached hydrogens (tertiary/aromatic N) is 6. The highest BCUT2D eigenvalue weighted by Gasteiger charge is 2.17. The first-order valence-corrected chi connectivity index (χ1v) is 14.5. The minimum absolute atomic E-state index is 0.242. The van der Waals surface area contributed by atoms with E-state index in [2.05, 4.69) is 74.1 Å². The third kappa shape index (κ3) is 6.22. The van der Waals surface area contributed by atoms with Gasteiger partial charge in [0.15, 0.2) is 0 Å². The van der Waals surface area contributed by atoms with E-state index in [0.29, 0.717) is 39.2 Å². The Kier molecular flexibility index (Phi) is 8.04. The third-order valence-corrected chi connectivity index (χ3v) is 7.92. The minimum Gasteiger partial charge on any atom is -0.381 e. The molecule has 6 rings (SSSR count). The molecule has 0 spiro atoms. The van der Waals surface area contributed by atoms with Crippen LogP contribution in [0.2, 0.25) is 0 Å². The molecule has 9 nitrogen and oxygen atoms in total. The number of thiol groups is 1. The predicted octanol–water partition coefficient (Wildman–Crippen LogP) is 4.87. The molecule has 0 radical (unpaired) electrons. The Morgan fingerprint density at radius 1 is 1.12 bits per heavy atom. The molecule has 2 aliphatic heterocycles. The summed E-state index contributed by atoms with van der Waals surface area (Å²) in [5.41, 5.74) is 5.19. The quantitative estimate of drug-likeness (QED) is 0.222. The predicted molar refractivity (Wildman–Crippen MR) is 171 cm³/mol. The Hall–Kier alpha value is -4.46. The summed E-state index contributed by atoms with van der Waals surface area (Å²) in [4.78, 5) is 34.6. The Bertz CT molecular complexity index is 1820. The van der Waals surface area contributed by atoms with Crippen LogP contribution in [-0.2, 0) is 6.54 Å². The molecule has 1 fully saturated rings. The van der Waals surface area contributed by atoms with Crippen LogP contribution in [0, 0.1) is 11.8 Å². The van der Waals surface area contributed by atoms with E-state index in [1.165, 1.54) is 12.8 Å². The zero-order chi connectivity index (χ0) is 29.1. The molecule has 0 saturated carbocycles. The summed E-state index contributed by atoms with van der Waals surface area (Å²) < 4.78 is 1.62. The van der Waals surface area contributed by atoms with Crippen LogP contribution in [0.1, 0.15) is 37.3 Å². The lowest BCUT2D eigenvalue weighted by atomic mass is 10.1. The van der Waals surface area contributed by atoms with Crippen LogP contribution in [0.3, 0.4) is 0 Å². The fourth-order valence-electron chi connectivity index (χ4n) is 5.22. The molecule has 3 aromatic heterocycles. The molecule has 0 aliphatic carbocycles. The number of aliphatic imine (C=N–C) groups is 1. The topological polar surface area (TPSA) is 100 Å². The number of fused-ring (bicyclic) bond motifs is 1. The van der Waals surface area contributed by atoms with Crippen molar-refractivity contribution in [1.82, 2.24) is 24.4 Å². The Labute approximate surface area is 250 Å². The van der Waals surface area contributed by atoms with Crippen molar-refractivity contribution in [3.8, 4) is 11.8 Å². The molecular weight excluding hydrogens is 544 g/mol. The van der Waals surface area contributed by atoms with Gasteiger partial charge in [-0.25, -0.2) is 4.98 Å². The van der Waals surface area contributed by atoms with Crippen molar-refractivity contribution in [1.29, 1.82) is 0 Å². The van der Waals surface area contributed by atoms with Gasteiger partial charge in [0, 0.05) is 65.5 Å². The van der Waals surface area contributed by atoms with Crippen LogP contribution in [0.25, 0.3) is 11.0 Å². The van der Waals surface area contributed by atoms with Gasteiger partial charge in [-0.05, 0) is 86.8 Å². The second kappa shape index (κ2) is 12.2. The molecule has 2 N–H and O–H groups in total. The number of nitrogens with one attached hydrogen (secondary N) is 2. The van der Waals surface area contributed by atoms with Gasteiger partial charge in [0.05, 0.1) is 12.1 Å². The first-order chi connectivity index (χ1) is 20.4. The first-order valence-electron chi connectivity index (χ1n) is 14.0. The number of hydrogen-bond donors (Lipinski definition) is 3. The second-order valence-electron chi connectivity index (χ2n) is 10.8. The molecule has 5 heterocycles. The fourth-order valence-corrected chi connectivity index (χ4v) is 5.43. The van der Waals surface area contributed by atoms with E-state index < -0.39 is 0 Å². The summed E-state index contributed by atoms with van der Waals surface area (Å²) in [7, 11) is 2.16. The number of piperidine rings is 1. The highest BCUT2D eigenvalue weighted by Crippen LogP contribution is 2.22. The number of benzene rings is 1. The summed E-state index contributed by atoms with van der Waals surface area (Å²) in [6.07, 6.45) is 10.0. The summed E-state index contributed by atoms with van der Waals surface area (Å²) in [6, 6.07) is 12.2. The maximum Gasteiger partial charge on any atom is 0.268 e. The number of anilines is 3. The van der Waals surface area contributed by atoms with Gasteiger partial charge < -0.3 is 15.5 Å². The van der Waals surface area contributed by atoms with Crippen molar-refractivity contribution in [2.75, 3.05) is 30.8 Å². The number of likely N-dealkylation sites (N-methyl/N-ethyl adjacent to an activating group) is 1. The lowest BCUT2D eigenvalue weighted by Gasteiger charge is -2.30. The van der Waals surface area contributed by atoms with Gasteiger partial charge in [0.1, 0.15) is 11.3 Å². The Balaban J connectivity index is 1.31. The van der Waals surface area contributed by atoms with Crippen molar-refractivity contribution < 1.29 is 0 Å². The molecule has 4 aromatic rings. The van der Waals surface area contributed by atoms with E-state index in [-0.39, 0.29) is 12.1 Å². The van der Waals surface area contributed by atoms with E-state index >= 15 is 0 Å². The molecule has 0 bridgehead atoms. The van der Waals surface area contributed by atoms with Gasteiger partial charge in [0.25, 0.3) is 5.56 Å². The van der Waals surface area contributed by atoms with Gasteiger partial charge in [-0.2, -0.15) is 4.98 Å². The van der Waals surface area contributed by atoms with E-state index in [1.54, 1.807) is 29.2 Å². The second-order valence-corrected chi connectivity index (χ2v) is 11.3. The molecule has 2 aliphatic rings. The van der Waals surface area contributed by atoms with Crippen LogP contribution in [0.5, 0.6) is 0 Å². The maximum absolute atomic E-state index is 13.8. The standard InChI is InChI=1S/C32H32N8OS/c1-21-11-14-34-28(21)10-5-22-16-24-17-35-32(38-30(24)40(31(22)41)19-23-12-13-33-18-29(23)42)37-26-8-6-25(7-9-26)36-27-4-3-15-39(2)20-27/h6-9,12-14,16-18,27,36,42H,3-4,11,15,19-20H2,1-2H3,(H,35,37,38). The Morgan fingerprint density at radius 3 is 2.71 bits per heavy atom. The summed E-state index contributed by atoms with van der Waals surface area (Å²) in [5, 5.41) is 7.63. The van der Waals surface area contributed by atoms with Gasteiger partial charge in [-0.15, -0.1) is 12.6 Å². The lowest BCUT2D eigenvalue weighted by molar-refractivity contribution is 0.261. The van der Waals surface area contributed by atoms with Gasteiger partial charge in [0.2, 0.25) is 5.95 Å². The number of allylic oxidation sites excluding steroid dienone is 2. The van der Waals surface area contributed by atoms with E-state index in [0.717, 1.165) is 42.0 Å². The normalized spacial score (nSPS) is 16.9. The number of hydrogen-bond acceptors (Lipinski definition) is 9. The van der Waals surface area contributed by atoms with Crippen molar-refractivity contribution in [3.05, 3.63) is 87.7 Å². The maximum atomic E-state index is 13.8. The summed E-state index contributed by atoms with van der Waals surface area (Å²) in [5.74, 6) is 6.50. The SMILES string of the molecule is CC1=C(C#Cc2cc3cnc(Nc4ccc(NC5CCCN(C)C5)cc4)nc3n(Cc3ccncc3S)c2=O)N=CC1. The average Bonchev–Trinajstić information content (AvgIpc) is 3.40. The van der Waals surface area contributed by atoms with Crippen molar-refractivity contribution >= 4 is 47.2 Å². The summed E-state index contributed by atoms with van der Waals surface area (Å²) in [6.45, 7) is 4.45. The van der Waals surface area contributed by atoms with E-state index in [1.807, 2.05) is 31.3 Å². The molecule has 1 saturated heterocycles. The molecule has 42 heavy (non-hydrogen) atoms. The van der Waals surface area contributed by atoms with Crippen LogP contribution in [-0.4, -0.2) is 56.8 Å². The molecule has 10 heteroatoms. The molecule has 1 atom stereocenters. The highest BCUT2D eigenvalue weighted by molar-refractivity contribution is 7.80. The monoisotopic (exact) mass is 576 g/mol. The molecule has 212 valence electrons. The summed E-state index contributed by atoms with van der Waals surface area (Å²) >= 11 is 4.55. The fraction of sp³-hybridized carbons (Fsp3) is 0.281. The van der Waals surface area contributed by atoms with Gasteiger partial charge in [-0.1, -0.05) is 5.92 Å². The lowest BCUT2D eigenvalue weighted by Crippen LogP contribution is -2.39. The van der Waals surface area contributed by atoms with Crippen LogP contribution in [0.15, 0.2) is 80.9 Å². The van der Waals surface area contributed by atoms with Gasteiger partial charge >= 0.3 is 0 Å². The molecule has 1 unspecified atom stereocenters. The average molecular weight is 577 g/mol. The minimum atomic E-state index is -0.242. The third-order valence-electron chi connectivity index (χ3n) is 7.52. The number of rotatable bonds is 6. The largest absolute Gasteiger partial charge is 0.381 e. The first kappa shape index (κ1) is 27.7. The molecule has 1 aromatic carbocycles. The van der Waals surface area contributed by atoms with Crippen molar-refractivity contribution in [3.63, 3.8) is 0 Å². The smallest absolute Gasteiger partial charge is 0.268 e. The number of aromatic nitrogens is 4. The Morgan fingerprint density at radius 2 is 1.95 bits per heavy atom. The zero-order valence-corrected chi connectivity index (χ0v) is 24.5.